The maximum atomic E-state index is 12.5. The Morgan fingerprint density at radius 2 is 1.96 bits per heavy atom. The van der Waals surface area contributed by atoms with Gasteiger partial charge in [-0.3, -0.25) is 14.4 Å². The van der Waals surface area contributed by atoms with Crippen LogP contribution in [0, 0.1) is 0 Å². The monoisotopic (exact) mass is 373 g/mol. The number of rotatable bonds is 8. The molecule has 7 heteroatoms. The number of hydrogen-bond acceptors (Lipinski definition) is 5. The van der Waals surface area contributed by atoms with Crippen LogP contribution in [0.2, 0.25) is 0 Å². The van der Waals surface area contributed by atoms with E-state index >= 15 is 0 Å². The standard InChI is InChI=1S/C20H27N3O4/c1-6-11-27-17-10-9-13(20(25)23(4)26-5)12-15(17)18-21-16(8-3)14(7-2)19(24)22-18/h9-10,12H,6-8,11H2,1-5H3,(H,21,22,24). The second-order valence-electron chi connectivity index (χ2n) is 6.09. The normalized spacial score (nSPS) is 10.7. The van der Waals surface area contributed by atoms with Crippen molar-refractivity contribution in [2.75, 3.05) is 20.8 Å². The van der Waals surface area contributed by atoms with Gasteiger partial charge in [0.15, 0.2) is 0 Å². The summed E-state index contributed by atoms with van der Waals surface area (Å²) in [5.41, 5.74) is 2.27. The highest BCUT2D eigenvalue weighted by molar-refractivity contribution is 5.95. The summed E-state index contributed by atoms with van der Waals surface area (Å²) >= 11 is 0. The van der Waals surface area contributed by atoms with Gasteiger partial charge in [0.25, 0.3) is 11.5 Å². The molecule has 0 fully saturated rings. The molecule has 1 amide bonds. The van der Waals surface area contributed by atoms with E-state index in [4.69, 9.17) is 9.57 Å². The number of H-pyrrole nitrogens is 1. The van der Waals surface area contributed by atoms with Gasteiger partial charge in [0.2, 0.25) is 0 Å². The molecule has 7 nitrogen and oxygen atoms in total. The van der Waals surface area contributed by atoms with Crippen molar-refractivity contribution >= 4 is 5.91 Å². The van der Waals surface area contributed by atoms with Crippen LogP contribution < -0.4 is 10.3 Å². The van der Waals surface area contributed by atoms with Crippen molar-refractivity contribution in [3.8, 4) is 17.1 Å². The molecule has 1 N–H and O–H groups in total. The predicted octanol–water partition coefficient (Wildman–Crippen LogP) is 2.98. The van der Waals surface area contributed by atoms with Gasteiger partial charge in [-0.25, -0.2) is 10.0 Å². The summed E-state index contributed by atoms with van der Waals surface area (Å²) in [7, 11) is 2.96. The number of hydrogen-bond donors (Lipinski definition) is 1. The van der Waals surface area contributed by atoms with Gasteiger partial charge in [0.05, 0.1) is 25.0 Å². The molecule has 0 aliphatic carbocycles. The summed E-state index contributed by atoms with van der Waals surface area (Å²) < 4.78 is 5.81. The number of amides is 1. The number of carbonyl (C=O) groups excluding carboxylic acids is 1. The molecule has 1 heterocycles. The summed E-state index contributed by atoms with van der Waals surface area (Å²) in [5.74, 6) is 0.668. The molecule has 0 unspecified atom stereocenters. The topological polar surface area (TPSA) is 84.5 Å². The van der Waals surface area contributed by atoms with Crippen molar-refractivity contribution in [1.82, 2.24) is 15.0 Å². The van der Waals surface area contributed by atoms with Crippen LogP contribution in [0.4, 0.5) is 0 Å². The highest BCUT2D eigenvalue weighted by atomic mass is 16.7. The van der Waals surface area contributed by atoms with E-state index in [0.717, 1.165) is 17.2 Å². The third-order valence-corrected chi connectivity index (χ3v) is 4.29. The summed E-state index contributed by atoms with van der Waals surface area (Å²) in [5, 5.41) is 1.14. The highest BCUT2D eigenvalue weighted by Gasteiger charge is 2.18. The molecule has 0 bridgehead atoms. The molecule has 0 aliphatic heterocycles. The van der Waals surface area contributed by atoms with E-state index in [0.29, 0.717) is 47.7 Å². The first-order chi connectivity index (χ1) is 13.0. The van der Waals surface area contributed by atoms with E-state index in [-0.39, 0.29) is 11.5 Å². The van der Waals surface area contributed by atoms with E-state index in [1.807, 2.05) is 20.8 Å². The third-order valence-electron chi connectivity index (χ3n) is 4.29. The van der Waals surface area contributed by atoms with Gasteiger partial charge in [-0.2, -0.15) is 0 Å². The van der Waals surface area contributed by atoms with E-state index in [9.17, 15) is 9.59 Å². The summed E-state index contributed by atoms with van der Waals surface area (Å²) in [4.78, 5) is 37.4. The number of aryl methyl sites for hydroxylation is 1. The Morgan fingerprint density at radius 3 is 2.56 bits per heavy atom. The van der Waals surface area contributed by atoms with Crippen molar-refractivity contribution in [2.45, 2.75) is 40.0 Å². The Morgan fingerprint density at radius 1 is 1.22 bits per heavy atom. The molecule has 1 aromatic carbocycles. The Balaban J connectivity index is 2.63. The van der Waals surface area contributed by atoms with Gasteiger partial charge in [0, 0.05) is 18.2 Å². The zero-order valence-electron chi connectivity index (χ0n) is 16.6. The van der Waals surface area contributed by atoms with Crippen molar-refractivity contribution in [2.24, 2.45) is 0 Å². The number of aromatic nitrogens is 2. The first-order valence-corrected chi connectivity index (χ1v) is 9.18. The molecule has 2 aromatic rings. The highest BCUT2D eigenvalue weighted by Crippen LogP contribution is 2.29. The van der Waals surface area contributed by atoms with Gasteiger partial charge >= 0.3 is 0 Å². The lowest BCUT2D eigenvalue weighted by atomic mass is 10.1. The lowest BCUT2D eigenvalue weighted by Gasteiger charge is -2.16. The molecule has 0 aliphatic rings. The Hall–Kier alpha value is -2.67. The lowest BCUT2D eigenvalue weighted by Crippen LogP contribution is -2.25. The summed E-state index contributed by atoms with van der Waals surface area (Å²) in [6.07, 6.45) is 2.10. The van der Waals surface area contributed by atoms with Gasteiger partial charge in [-0.15, -0.1) is 0 Å². The fourth-order valence-electron chi connectivity index (χ4n) is 2.78. The van der Waals surface area contributed by atoms with Gasteiger partial charge in [0.1, 0.15) is 11.6 Å². The van der Waals surface area contributed by atoms with Crippen LogP contribution in [0.3, 0.4) is 0 Å². The maximum Gasteiger partial charge on any atom is 0.277 e. The molecule has 2 rings (SSSR count). The van der Waals surface area contributed by atoms with Crippen LogP contribution >= 0.6 is 0 Å². The van der Waals surface area contributed by atoms with E-state index < -0.39 is 0 Å². The minimum atomic E-state index is -0.302. The van der Waals surface area contributed by atoms with Crippen LogP contribution in [0.25, 0.3) is 11.4 Å². The number of hydroxylamine groups is 2. The number of carbonyl (C=O) groups is 1. The second kappa shape index (κ2) is 9.32. The van der Waals surface area contributed by atoms with Crippen molar-refractivity contribution in [3.05, 3.63) is 45.4 Å². The smallest absolute Gasteiger partial charge is 0.277 e. The molecule has 0 saturated heterocycles. The molecule has 0 radical (unpaired) electrons. The molecule has 27 heavy (non-hydrogen) atoms. The van der Waals surface area contributed by atoms with Crippen LogP contribution in [-0.2, 0) is 17.7 Å². The molecular formula is C20H27N3O4. The largest absolute Gasteiger partial charge is 0.493 e. The summed E-state index contributed by atoms with van der Waals surface area (Å²) in [6.45, 7) is 6.43. The molecule has 0 spiro atoms. The maximum absolute atomic E-state index is 12.5. The Bertz CT molecular complexity index is 861. The lowest BCUT2D eigenvalue weighted by molar-refractivity contribution is -0.0756. The summed E-state index contributed by atoms with van der Waals surface area (Å²) in [6, 6.07) is 5.07. The minimum Gasteiger partial charge on any atom is -0.493 e. The van der Waals surface area contributed by atoms with Crippen molar-refractivity contribution in [1.29, 1.82) is 0 Å². The number of ether oxygens (including phenoxy) is 1. The number of benzene rings is 1. The first kappa shape index (κ1) is 20.6. The zero-order valence-corrected chi connectivity index (χ0v) is 16.6. The Labute approximate surface area is 159 Å². The predicted molar refractivity (Wildman–Crippen MR) is 104 cm³/mol. The van der Waals surface area contributed by atoms with E-state index in [1.54, 1.807) is 18.2 Å². The quantitative estimate of drug-likeness (QED) is 0.719. The molecular weight excluding hydrogens is 346 g/mol. The zero-order chi connectivity index (χ0) is 20.0. The van der Waals surface area contributed by atoms with Crippen molar-refractivity contribution < 1.29 is 14.4 Å². The Kier molecular flexibility index (Phi) is 7.12. The molecule has 1 aromatic heterocycles. The van der Waals surface area contributed by atoms with Crippen molar-refractivity contribution in [3.63, 3.8) is 0 Å². The molecule has 0 atom stereocenters. The van der Waals surface area contributed by atoms with Crippen LogP contribution in [0.5, 0.6) is 5.75 Å². The minimum absolute atomic E-state index is 0.161. The van der Waals surface area contributed by atoms with Crippen LogP contribution in [0.1, 0.15) is 48.8 Å². The van der Waals surface area contributed by atoms with E-state index in [2.05, 4.69) is 9.97 Å². The average molecular weight is 373 g/mol. The average Bonchev–Trinajstić information content (AvgIpc) is 2.70. The molecule has 0 saturated carbocycles. The second-order valence-corrected chi connectivity index (χ2v) is 6.09. The fourth-order valence-corrected chi connectivity index (χ4v) is 2.78. The third kappa shape index (κ3) is 4.54. The number of nitrogens with one attached hydrogen (secondary N) is 1. The SMILES string of the molecule is CCCOc1ccc(C(=O)N(C)OC)cc1-c1nc(CC)c(CC)c(=O)[nH]1. The van der Waals surface area contributed by atoms with Crippen LogP contribution in [0.15, 0.2) is 23.0 Å². The number of nitrogens with zero attached hydrogens (tertiary/aromatic N) is 2. The molecule has 146 valence electrons. The first-order valence-electron chi connectivity index (χ1n) is 9.18. The van der Waals surface area contributed by atoms with Gasteiger partial charge < -0.3 is 9.72 Å². The van der Waals surface area contributed by atoms with Gasteiger partial charge in [-0.05, 0) is 37.5 Å². The van der Waals surface area contributed by atoms with Gasteiger partial charge in [-0.1, -0.05) is 20.8 Å². The number of aromatic amines is 1. The van der Waals surface area contributed by atoms with Crippen LogP contribution in [-0.4, -0.2) is 41.7 Å². The fraction of sp³-hybridized carbons (Fsp3) is 0.450. The van der Waals surface area contributed by atoms with E-state index in [1.165, 1.54) is 14.2 Å².